The number of thiazole rings is 1. The molecule has 0 bridgehead atoms. The number of piperidine rings is 1. The maximum atomic E-state index is 13.0. The lowest BCUT2D eigenvalue weighted by molar-refractivity contribution is 0.0708. The van der Waals surface area contributed by atoms with Crippen molar-refractivity contribution in [2.45, 2.75) is 23.8 Å². The van der Waals surface area contributed by atoms with E-state index < -0.39 is 0 Å². The number of carbonyl (C=O) groups is 2. The van der Waals surface area contributed by atoms with Gasteiger partial charge in [-0.15, -0.1) is 41.4 Å². The van der Waals surface area contributed by atoms with E-state index in [0.29, 0.717) is 30.3 Å². The zero-order valence-corrected chi connectivity index (χ0v) is 19.1. The largest absolute Gasteiger partial charge is 0.339 e. The smallest absolute Gasteiger partial charge is 0.274 e. The number of amides is 2. The number of aromatic nitrogens is 2. The molecular formula is C21H24N4O2S3. The van der Waals surface area contributed by atoms with Crippen LogP contribution in [-0.4, -0.2) is 68.6 Å². The summed E-state index contributed by atoms with van der Waals surface area (Å²) in [5, 5.41) is 3.66. The van der Waals surface area contributed by atoms with E-state index in [2.05, 4.69) is 16.5 Å². The molecule has 6 nitrogen and oxygen atoms in total. The summed E-state index contributed by atoms with van der Waals surface area (Å²) in [5.74, 6) is 2.86. The van der Waals surface area contributed by atoms with Gasteiger partial charge < -0.3 is 9.80 Å². The van der Waals surface area contributed by atoms with Crippen molar-refractivity contribution >= 4 is 46.7 Å². The van der Waals surface area contributed by atoms with Gasteiger partial charge in [-0.3, -0.25) is 9.59 Å². The first-order valence-corrected chi connectivity index (χ1v) is 13.0. The summed E-state index contributed by atoms with van der Waals surface area (Å²) in [7, 11) is 0. The van der Waals surface area contributed by atoms with Crippen LogP contribution in [0, 0.1) is 0 Å². The Hall–Kier alpha value is -1.84. The van der Waals surface area contributed by atoms with E-state index in [1.165, 1.54) is 11.8 Å². The van der Waals surface area contributed by atoms with Gasteiger partial charge in [-0.05, 0) is 25.0 Å². The van der Waals surface area contributed by atoms with Crippen molar-refractivity contribution in [3.8, 4) is 0 Å². The first-order valence-electron chi connectivity index (χ1n) is 9.98. The summed E-state index contributed by atoms with van der Waals surface area (Å²) >= 11 is 4.88. The number of rotatable bonds is 6. The second-order valence-electron chi connectivity index (χ2n) is 7.20. The molecule has 0 unspecified atom stereocenters. The quantitative estimate of drug-likeness (QED) is 0.480. The van der Waals surface area contributed by atoms with Crippen molar-refractivity contribution in [2.24, 2.45) is 0 Å². The molecular weight excluding hydrogens is 436 g/mol. The van der Waals surface area contributed by atoms with Crippen LogP contribution in [-0.2, 0) is 0 Å². The first kappa shape index (κ1) is 21.4. The first-order chi connectivity index (χ1) is 14.7. The minimum absolute atomic E-state index is 0.0367. The molecule has 2 aliphatic heterocycles. The average molecular weight is 461 g/mol. The molecule has 2 fully saturated rings. The van der Waals surface area contributed by atoms with Gasteiger partial charge in [0, 0.05) is 48.6 Å². The van der Waals surface area contributed by atoms with Gasteiger partial charge >= 0.3 is 0 Å². The molecule has 4 rings (SSSR count). The Labute approximate surface area is 189 Å². The maximum absolute atomic E-state index is 13.0. The lowest BCUT2D eigenvalue weighted by atomic mass is 9.97. The molecule has 2 amide bonds. The second-order valence-corrected chi connectivity index (χ2v) is 10.2. The van der Waals surface area contributed by atoms with Gasteiger partial charge in [0.1, 0.15) is 10.7 Å². The van der Waals surface area contributed by atoms with Crippen LogP contribution >= 0.6 is 34.9 Å². The molecule has 9 heteroatoms. The third kappa shape index (κ3) is 4.73. The van der Waals surface area contributed by atoms with E-state index >= 15 is 0 Å². The van der Waals surface area contributed by atoms with Crippen molar-refractivity contribution in [2.75, 3.05) is 37.0 Å². The lowest BCUT2D eigenvalue weighted by Crippen LogP contribution is -2.38. The van der Waals surface area contributed by atoms with Crippen LogP contribution in [0.4, 0.5) is 0 Å². The van der Waals surface area contributed by atoms with E-state index in [-0.39, 0.29) is 11.8 Å². The summed E-state index contributed by atoms with van der Waals surface area (Å²) in [5.41, 5.74) is 1.23. The fourth-order valence-corrected chi connectivity index (χ4v) is 6.25. The number of pyridine rings is 1. The Bertz CT molecular complexity index is 918. The van der Waals surface area contributed by atoms with Crippen LogP contribution in [0.25, 0.3) is 0 Å². The highest BCUT2D eigenvalue weighted by atomic mass is 32.2. The zero-order chi connectivity index (χ0) is 20.9. The number of nitrogens with zero attached hydrogens (tertiary/aromatic N) is 4. The van der Waals surface area contributed by atoms with E-state index in [4.69, 9.17) is 0 Å². The normalized spacial score (nSPS) is 17.3. The number of carbonyl (C=O) groups excluding carboxylic acids is 2. The molecule has 2 saturated heterocycles. The Morgan fingerprint density at radius 1 is 1.23 bits per heavy atom. The van der Waals surface area contributed by atoms with Crippen molar-refractivity contribution < 1.29 is 9.59 Å². The van der Waals surface area contributed by atoms with E-state index in [0.717, 1.165) is 46.8 Å². The molecule has 0 N–H and O–H groups in total. The Morgan fingerprint density at radius 3 is 2.80 bits per heavy atom. The van der Waals surface area contributed by atoms with Crippen LogP contribution in [0.1, 0.15) is 44.6 Å². The Morgan fingerprint density at radius 2 is 2.07 bits per heavy atom. The van der Waals surface area contributed by atoms with Crippen molar-refractivity contribution in [1.82, 2.24) is 19.8 Å². The maximum Gasteiger partial charge on any atom is 0.274 e. The molecule has 2 aromatic heterocycles. The van der Waals surface area contributed by atoms with Gasteiger partial charge in [0.2, 0.25) is 0 Å². The van der Waals surface area contributed by atoms with Crippen molar-refractivity contribution in [3.63, 3.8) is 0 Å². The SMILES string of the molecule is C=CCSc1ncccc1C(=O)N1CCC(c2nc(C(=O)N3CCSC3)cs2)CC1. The summed E-state index contributed by atoms with van der Waals surface area (Å²) in [6, 6.07) is 3.66. The van der Waals surface area contributed by atoms with Gasteiger partial charge in [0.25, 0.3) is 11.8 Å². The predicted molar refractivity (Wildman–Crippen MR) is 124 cm³/mol. The molecule has 0 radical (unpaired) electrons. The third-order valence-electron chi connectivity index (χ3n) is 5.25. The molecule has 158 valence electrons. The van der Waals surface area contributed by atoms with Crippen LogP contribution in [0.15, 0.2) is 41.4 Å². The minimum Gasteiger partial charge on any atom is -0.339 e. The zero-order valence-electron chi connectivity index (χ0n) is 16.7. The van der Waals surface area contributed by atoms with E-state index in [9.17, 15) is 9.59 Å². The molecule has 0 aliphatic carbocycles. The molecule has 2 aromatic rings. The molecule has 0 aromatic carbocycles. The fourth-order valence-electron chi connectivity index (χ4n) is 3.62. The molecule has 0 saturated carbocycles. The van der Waals surface area contributed by atoms with Gasteiger partial charge in [0.05, 0.1) is 16.4 Å². The topological polar surface area (TPSA) is 66.4 Å². The molecule has 0 spiro atoms. The number of likely N-dealkylation sites (tertiary alicyclic amines) is 1. The third-order valence-corrected chi connectivity index (χ3v) is 8.23. The number of hydrogen-bond donors (Lipinski definition) is 0. The highest BCUT2D eigenvalue weighted by Gasteiger charge is 2.29. The average Bonchev–Trinajstić information content (AvgIpc) is 3.50. The van der Waals surface area contributed by atoms with Gasteiger partial charge in [-0.1, -0.05) is 6.08 Å². The van der Waals surface area contributed by atoms with E-state index in [1.54, 1.807) is 29.3 Å². The van der Waals surface area contributed by atoms with Crippen LogP contribution in [0.2, 0.25) is 0 Å². The molecule has 4 heterocycles. The molecule has 30 heavy (non-hydrogen) atoms. The van der Waals surface area contributed by atoms with Crippen LogP contribution in [0.5, 0.6) is 0 Å². The minimum atomic E-state index is 0.0367. The van der Waals surface area contributed by atoms with Crippen LogP contribution in [0.3, 0.4) is 0 Å². The molecule has 0 atom stereocenters. The number of thioether (sulfide) groups is 2. The summed E-state index contributed by atoms with van der Waals surface area (Å²) in [6.45, 7) is 5.92. The number of hydrogen-bond acceptors (Lipinski definition) is 7. The van der Waals surface area contributed by atoms with E-state index in [1.807, 2.05) is 33.4 Å². The highest BCUT2D eigenvalue weighted by molar-refractivity contribution is 7.99. The van der Waals surface area contributed by atoms with Gasteiger partial charge in [-0.25, -0.2) is 9.97 Å². The van der Waals surface area contributed by atoms with Crippen LogP contribution < -0.4 is 0 Å². The Balaban J connectivity index is 1.37. The highest BCUT2D eigenvalue weighted by Crippen LogP contribution is 2.32. The molecule has 2 aliphatic rings. The second kappa shape index (κ2) is 9.98. The Kier molecular flexibility index (Phi) is 7.12. The summed E-state index contributed by atoms with van der Waals surface area (Å²) < 4.78 is 0. The fraction of sp³-hybridized carbons (Fsp3) is 0.429. The van der Waals surface area contributed by atoms with Crippen molar-refractivity contribution in [3.05, 3.63) is 52.6 Å². The lowest BCUT2D eigenvalue weighted by Gasteiger charge is -2.31. The summed E-state index contributed by atoms with van der Waals surface area (Å²) in [6.07, 6.45) is 5.26. The summed E-state index contributed by atoms with van der Waals surface area (Å²) in [4.78, 5) is 38.4. The standard InChI is InChI=1S/C21H24N4O2S3/c1-2-11-29-19-16(4-3-7-22-19)20(26)24-8-5-15(6-9-24)18-23-17(13-30-18)21(27)25-10-12-28-14-25/h2-4,7,13,15H,1,5-6,8-12,14H2. The predicted octanol–water partition coefficient (Wildman–Crippen LogP) is 3.98. The van der Waals surface area contributed by atoms with Gasteiger partial charge in [0.15, 0.2) is 0 Å². The van der Waals surface area contributed by atoms with Gasteiger partial charge in [-0.2, -0.15) is 0 Å². The monoisotopic (exact) mass is 460 g/mol. The van der Waals surface area contributed by atoms with Crippen molar-refractivity contribution in [1.29, 1.82) is 0 Å².